The van der Waals surface area contributed by atoms with Crippen LogP contribution in [0.4, 0.5) is 0 Å². The second-order valence-electron chi connectivity index (χ2n) is 14.5. The van der Waals surface area contributed by atoms with E-state index in [1.165, 1.54) is 33.2 Å². The van der Waals surface area contributed by atoms with Crippen molar-refractivity contribution in [2.75, 3.05) is 0 Å². The zero-order valence-corrected chi connectivity index (χ0v) is 27.8. The molecule has 8 heteroatoms. The summed E-state index contributed by atoms with van der Waals surface area (Å²) in [7, 11) is 0. The highest BCUT2D eigenvalue weighted by Crippen LogP contribution is 2.42. The number of rotatable bonds is 7. The van der Waals surface area contributed by atoms with Crippen LogP contribution in [0.15, 0.2) is 48.7 Å². The van der Waals surface area contributed by atoms with Crippen LogP contribution in [0.3, 0.4) is 0 Å². The van der Waals surface area contributed by atoms with Gasteiger partial charge in [0.15, 0.2) is 0 Å². The minimum Gasteiger partial charge on any atom is -0.340 e. The zero-order valence-electron chi connectivity index (χ0n) is 27.8. The molecule has 5 aromatic rings. The second-order valence-corrected chi connectivity index (χ2v) is 14.5. The maximum atomic E-state index is 13.2. The van der Waals surface area contributed by atoms with Gasteiger partial charge in [-0.1, -0.05) is 44.2 Å². The van der Waals surface area contributed by atoms with Gasteiger partial charge in [-0.15, -0.1) is 0 Å². The van der Waals surface area contributed by atoms with Crippen LogP contribution in [-0.2, 0) is 22.4 Å². The Hall–Kier alpha value is -4.46. The summed E-state index contributed by atoms with van der Waals surface area (Å²) in [6.07, 6.45) is 10.6. The van der Waals surface area contributed by atoms with Gasteiger partial charge < -0.3 is 19.8 Å². The van der Waals surface area contributed by atoms with Gasteiger partial charge in [-0.05, 0) is 104 Å². The molecule has 2 aromatic heterocycles. The number of fused-ring (bicyclic) bond motifs is 4. The molecule has 1 aliphatic carbocycles. The zero-order chi connectivity index (χ0) is 32.4. The Morgan fingerprint density at radius 3 is 2.49 bits per heavy atom. The molecular weight excluding hydrogens is 584 g/mol. The first-order valence-corrected chi connectivity index (χ1v) is 17.5. The average Bonchev–Trinajstić information content (AvgIpc) is 3.89. The fourth-order valence-electron chi connectivity index (χ4n) is 8.60. The number of aromatic nitrogens is 4. The van der Waals surface area contributed by atoms with Gasteiger partial charge in [0.2, 0.25) is 12.3 Å². The van der Waals surface area contributed by atoms with Gasteiger partial charge in [0.25, 0.3) is 0 Å². The molecule has 47 heavy (non-hydrogen) atoms. The Morgan fingerprint density at radius 2 is 1.68 bits per heavy atom. The predicted octanol–water partition coefficient (Wildman–Crippen LogP) is 8.04. The number of likely N-dealkylation sites (tertiary alicyclic amines) is 2. The molecule has 4 unspecified atom stereocenters. The first-order chi connectivity index (χ1) is 22.8. The number of imidazole rings is 2. The molecule has 0 saturated carbocycles. The fourth-order valence-corrected chi connectivity index (χ4v) is 8.60. The molecule has 3 aromatic carbocycles. The lowest BCUT2D eigenvalue weighted by Gasteiger charge is -2.28. The molecule has 242 valence electrons. The fraction of sp³-hybridized carbons (Fsp3) is 0.436. The molecule has 4 heterocycles. The van der Waals surface area contributed by atoms with E-state index in [9.17, 15) is 9.59 Å². The van der Waals surface area contributed by atoms with Crippen LogP contribution in [0.25, 0.3) is 44.2 Å². The Labute approximate surface area is 276 Å². The van der Waals surface area contributed by atoms with Crippen LogP contribution in [0.5, 0.6) is 0 Å². The van der Waals surface area contributed by atoms with E-state index >= 15 is 0 Å². The highest BCUT2D eigenvalue weighted by atomic mass is 16.2. The van der Waals surface area contributed by atoms with Crippen molar-refractivity contribution in [3.8, 4) is 22.4 Å². The Morgan fingerprint density at radius 1 is 0.915 bits per heavy atom. The molecule has 2 fully saturated rings. The number of nitrogens with one attached hydrogen (secondary N) is 2. The van der Waals surface area contributed by atoms with Crippen molar-refractivity contribution in [1.82, 2.24) is 29.7 Å². The summed E-state index contributed by atoms with van der Waals surface area (Å²) >= 11 is 0. The molecular formula is C39H44N6O2. The first-order valence-electron chi connectivity index (χ1n) is 17.5. The maximum Gasteiger partial charge on any atom is 0.223 e. The van der Waals surface area contributed by atoms with Crippen LogP contribution < -0.4 is 0 Å². The van der Waals surface area contributed by atoms with E-state index in [-0.39, 0.29) is 30.1 Å². The van der Waals surface area contributed by atoms with E-state index in [0.717, 1.165) is 85.1 Å². The topological polar surface area (TPSA) is 98.0 Å². The van der Waals surface area contributed by atoms with Gasteiger partial charge in [0.1, 0.15) is 11.6 Å². The van der Waals surface area contributed by atoms with Crippen molar-refractivity contribution in [1.29, 1.82) is 0 Å². The number of H-pyrrole nitrogens is 2. The number of benzene rings is 3. The van der Waals surface area contributed by atoms with Crippen molar-refractivity contribution >= 4 is 34.1 Å². The standard InChI is InChI=1S/C39H44N6O2/c1-22(2)18-36(47)45-24(4)9-17-35(45)39-41-32-15-11-26-19-25(10-12-28(26)37(32)43-39)27-13-14-31(30-7-5-6-29(27)30)33-20-40-38(42-33)34-16-8-23(3)44(34)21-46/h10-15,19-24,34-35H,5-9,16-18H2,1-4H3,(H,40,42)(H,41,43). The molecule has 8 nitrogen and oxygen atoms in total. The maximum absolute atomic E-state index is 13.2. The Balaban J connectivity index is 1.11. The molecule has 0 bridgehead atoms. The molecule has 2 amide bonds. The highest BCUT2D eigenvalue weighted by molar-refractivity contribution is 6.05. The van der Waals surface area contributed by atoms with E-state index in [1.54, 1.807) is 0 Å². The van der Waals surface area contributed by atoms with Crippen molar-refractivity contribution in [2.45, 2.75) is 103 Å². The Bertz CT molecular complexity index is 2010. The summed E-state index contributed by atoms with van der Waals surface area (Å²) in [5, 5.41) is 2.30. The van der Waals surface area contributed by atoms with E-state index in [1.807, 2.05) is 11.1 Å². The molecule has 2 aliphatic heterocycles. The predicted molar refractivity (Wildman–Crippen MR) is 186 cm³/mol. The molecule has 2 N–H and O–H groups in total. The number of nitrogens with zero attached hydrogens (tertiary/aromatic N) is 4. The average molecular weight is 629 g/mol. The third kappa shape index (κ3) is 5.04. The molecule has 8 rings (SSSR count). The van der Waals surface area contributed by atoms with E-state index in [0.29, 0.717) is 12.3 Å². The van der Waals surface area contributed by atoms with Gasteiger partial charge in [-0.2, -0.15) is 0 Å². The summed E-state index contributed by atoms with van der Waals surface area (Å²) < 4.78 is 0. The van der Waals surface area contributed by atoms with Crippen LogP contribution in [0.1, 0.15) is 101 Å². The Kier molecular flexibility index (Phi) is 7.42. The van der Waals surface area contributed by atoms with Gasteiger partial charge in [0, 0.05) is 29.5 Å². The second kappa shape index (κ2) is 11.7. The third-order valence-corrected chi connectivity index (χ3v) is 11.0. The number of hydrogen-bond acceptors (Lipinski definition) is 4. The van der Waals surface area contributed by atoms with E-state index in [4.69, 9.17) is 9.97 Å². The smallest absolute Gasteiger partial charge is 0.223 e. The van der Waals surface area contributed by atoms with Crippen molar-refractivity contribution in [2.24, 2.45) is 5.92 Å². The lowest BCUT2D eigenvalue weighted by molar-refractivity contribution is -0.134. The molecule has 3 aliphatic rings. The first kappa shape index (κ1) is 29.9. The summed E-state index contributed by atoms with van der Waals surface area (Å²) in [6, 6.07) is 16.1. The SMILES string of the molecule is CC(C)CC(=O)N1C(C)CCC1c1nc2c(ccc3cc(-c4ccc(-c5cnc(C6CCC(C)N6C=O)[nH]5)c5c4CCC5)ccc32)[nH]1. The minimum atomic E-state index is -0.00397. The van der Waals surface area contributed by atoms with E-state index < -0.39 is 0 Å². The number of carbonyl (C=O) groups excluding carboxylic acids is 2. The van der Waals surface area contributed by atoms with Crippen molar-refractivity contribution in [3.63, 3.8) is 0 Å². The van der Waals surface area contributed by atoms with Gasteiger partial charge in [-0.3, -0.25) is 9.59 Å². The number of amides is 2. The normalized spacial score (nSPS) is 22.7. The third-order valence-electron chi connectivity index (χ3n) is 11.0. The van der Waals surface area contributed by atoms with Gasteiger partial charge in [0.05, 0.1) is 35.0 Å². The molecule has 4 atom stereocenters. The van der Waals surface area contributed by atoms with E-state index in [2.05, 4.69) is 85.0 Å². The summed E-state index contributed by atoms with van der Waals surface area (Å²) in [4.78, 5) is 45.9. The quantitative estimate of drug-likeness (QED) is 0.178. The number of carbonyl (C=O) groups is 2. The lowest BCUT2D eigenvalue weighted by atomic mass is 9.91. The monoisotopic (exact) mass is 628 g/mol. The summed E-state index contributed by atoms with van der Waals surface area (Å²) in [5.74, 6) is 2.34. The summed E-state index contributed by atoms with van der Waals surface area (Å²) in [6.45, 7) is 8.47. The number of aromatic amines is 2. The van der Waals surface area contributed by atoms with Crippen LogP contribution in [-0.4, -0.2) is 54.1 Å². The van der Waals surface area contributed by atoms with Crippen molar-refractivity contribution in [3.05, 3.63) is 71.4 Å². The van der Waals surface area contributed by atoms with Crippen LogP contribution in [0, 0.1) is 5.92 Å². The minimum absolute atomic E-state index is 0.00397. The lowest BCUT2D eigenvalue weighted by Crippen LogP contribution is -2.36. The van der Waals surface area contributed by atoms with Crippen molar-refractivity contribution < 1.29 is 9.59 Å². The summed E-state index contributed by atoms with van der Waals surface area (Å²) in [5.41, 5.74) is 9.58. The largest absolute Gasteiger partial charge is 0.340 e. The number of hydrogen-bond donors (Lipinski definition) is 2. The van der Waals surface area contributed by atoms with Crippen LogP contribution in [0.2, 0.25) is 0 Å². The van der Waals surface area contributed by atoms with Gasteiger partial charge in [-0.25, -0.2) is 9.97 Å². The molecule has 0 spiro atoms. The highest BCUT2D eigenvalue weighted by Gasteiger charge is 2.37. The molecule has 2 saturated heterocycles. The van der Waals surface area contributed by atoms with Gasteiger partial charge >= 0.3 is 0 Å². The van der Waals surface area contributed by atoms with Crippen LogP contribution >= 0.6 is 0 Å². The molecule has 0 radical (unpaired) electrons.